The minimum atomic E-state index is -3.36. The number of anilines is 2. The summed E-state index contributed by atoms with van der Waals surface area (Å²) in [5.41, 5.74) is 0. The number of sulfonamides is 1. The van der Waals surface area contributed by atoms with Crippen LogP contribution in [0, 0.1) is 0 Å². The zero-order valence-electron chi connectivity index (χ0n) is 14.6. The summed E-state index contributed by atoms with van der Waals surface area (Å²) in [6.07, 6.45) is 3.72. The maximum Gasteiger partial charge on any atom is 0.252 e. The summed E-state index contributed by atoms with van der Waals surface area (Å²) in [5, 5.41) is 10.6. The molecule has 2 aliphatic rings. The van der Waals surface area contributed by atoms with Crippen LogP contribution in [-0.4, -0.2) is 62.2 Å². The molecule has 0 saturated carbocycles. The molecule has 0 unspecified atom stereocenters. The first-order chi connectivity index (χ1) is 12.6. The van der Waals surface area contributed by atoms with Crippen LogP contribution in [0.25, 0.3) is 0 Å². The highest BCUT2D eigenvalue weighted by Gasteiger charge is 2.29. The number of piperidine rings is 1. The van der Waals surface area contributed by atoms with Crippen LogP contribution >= 0.6 is 11.3 Å². The van der Waals surface area contributed by atoms with Crippen molar-refractivity contribution in [3.8, 4) is 0 Å². The van der Waals surface area contributed by atoms with E-state index >= 15 is 0 Å². The minimum absolute atomic E-state index is 0.414. The van der Waals surface area contributed by atoms with Gasteiger partial charge < -0.3 is 9.80 Å². The number of thiophene rings is 1. The van der Waals surface area contributed by atoms with Crippen molar-refractivity contribution in [2.75, 3.05) is 49.1 Å². The van der Waals surface area contributed by atoms with E-state index in [0.717, 1.165) is 24.7 Å². The molecular formula is C17H23N5O2S2. The summed E-state index contributed by atoms with van der Waals surface area (Å²) in [6, 6.07) is 7.47. The van der Waals surface area contributed by atoms with E-state index in [-0.39, 0.29) is 0 Å². The van der Waals surface area contributed by atoms with Crippen molar-refractivity contribution in [2.45, 2.75) is 23.5 Å². The number of nitrogens with zero attached hydrogens (tertiary/aromatic N) is 5. The molecule has 0 spiro atoms. The molecule has 0 atom stereocenters. The van der Waals surface area contributed by atoms with E-state index in [1.807, 2.05) is 12.1 Å². The van der Waals surface area contributed by atoms with Gasteiger partial charge in [-0.3, -0.25) is 0 Å². The second-order valence-electron chi connectivity index (χ2n) is 6.62. The van der Waals surface area contributed by atoms with Crippen molar-refractivity contribution in [3.63, 3.8) is 0 Å². The van der Waals surface area contributed by atoms with E-state index < -0.39 is 10.0 Å². The molecule has 2 saturated heterocycles. The molecule has 4 heterocycles. The lowest BCUT2D eigenvalue weighted by Crippen LogP contribution is -2.48. The summed E-state index contributed by atoms with van der Waals surface area (Å²) in [7, 11) is -3.36. The van der Waals surface area contributed by atoms with Gasteiger partial charge in [-0.25, -0.2) is 8.42 Å². The number of hydrogen-bond acceptors (Lipinski definition) is 7. The van der Waals surface area contributed by atoms with E-state index in [1.54, 1.807) is 21.8 Å². The van der Waals surface area contributed by atoms with E-state index in [2.05, 4.69) is 20.0 Å². The Morgan fingerprint density at radius 1 is 0.808 bits per heavy atom. The van der Waals surface area contributed by atoms with Gasteiger partial charge in [0.05, 0.1) is 0 Å². The lowest BCUT2D eigenvalue weighted by molar-refractivity contribution is 0.384. The molecule has 9 heteroatoms. The summed E-state index contributed by atoms with van der Waals surface area (Å²) in [4.78, 5) is 4.39. The highest BCUT2D eigenvalue weighted by molar-refractivity contribution is 7.91. The number of aromatic nitrogens is 2. The van der Waals surface area contributed by atoms with Gasteiger partial charge in [0.15, 0.2) is 11.6 Å². The van der Waals surface area contributed by atoms with Crippen molar-refractivity contribution < 1.29 is 8.42 Å². The normalized spacial score (nSPS) is 19.7. The fraction of sp³-hybridized carbons (Fsp3) is 0.529. The first-order valence-electron chi connectivity index (χ1n) is 9.02. The Morgan fingerprint density at radius 2 is 1.42 bits per heavy atom. The van der Waals surface area contributed by atoms with Gasteiger partial charge in [-0.15, -0.1) is 21.5 Å². The number of rotatable bonds is 4. The lowest BCUT2D eigenvalue weighted by Gasteiger charge is -2.34. The van der Waals surface area contributed by atoms with Crippen LogP contribution in [0.3, 0.4) is 0 Å². The molecule has 0 N–H and O–H groups in total. The summed E-state index contributed by atoms with van der Waals surface area (Å²) in [5.74, 6) is 1.76. The molecule has 2 aromatic rings. The van der Waals surface area contributed by atoms with Gasteiger partial charge in [0.1, 0.15) is 4.21 Å². The van der Waals surface area contributed by atoms with Crippen LogP contribution < -0.4 is 9.80 Å². The zero-order chi connectivity index (χ0) is 18.0. The van der Waals surface area contributed by atoms with Crippen LogP contribution in [0.1, 0.15) is 19.3 Å². The second kappa shape index (κ2) is 7.50. The quantitative estimate of drug-likeness (QED) is 0.792. The third-order valence-electron chi connectivity index (χ3n) is 4.97. The fourth-order valence-electron chi connectivity index (χ4n) is 3.47. The maximum atomic E-state index is 12.6. The summed E-state index contributed by atoms with van der Waals surface area (Å²) in [6.45, 7) is 4.29. The molecule has 0 aromatic carbocycles. The van der Waals surface area contributed by atoms with Crippen molar-refractivity contribution in [2.24, 2.45) is 0 Å². The van der Waals surface area contributed by atoms with Gasteiger partial charge in [-0.1, -0.05) is 6.07 Å². The Hall–Kier alpha value is -1.71. The van der Waals surface area contributed by atoms with Gasteiger partial charge in [-0.2, -0.15) is 4.31 Å². The summed E-state index contributed by atoms with van der Waals surface area (Å²) < 4.78 is 27.2. The molecule has 2 aromatic heterocycles. The Bertz CT molecular complexity index is 809. The Labute approximate surface area is 158 Å². The second-order valence-corrected chi connectivity index (χ2v) is 9.73. The zero-order valence-corrected chi connectivity index (χ0v) is 16.3. The maximum absolute atomic E-state index is 12.6. The van der Waals surface area contributed by atoms with Crippen LogP contribution in [0.5, 0.6) is 0 Å². The van der Waals surface area contributed by atoms with E-state index in [1.165, 1.54) is 30.6 Å². The molecule has 4 rings (SSSR count). The molecule has 2 aliphatic heterocycles. The topological polar surface area (TPSA) is 69.6 Å². The molecular weight excluding hydrogens is 370 g/mol. The van der Waals surface area contributed by atoms with Crippen molar-refractivity contribution in [1.29, 1.82) is 0 Å². The third-order valence-corrected chi connectivity index (χ3v) is 8.24. The molecule has 0 amide bonds. The van der Waals surface area contributed by atoms with Crippen LogP contribution in [-0.2, 0) is 10.0 Å². The molecule has 0 aliphatic carbocycles. The fourth-order valence-corrected chi connectivity index (χ4v) is 6.04. The van der Waals surface area contributed by atoms with Gasteiger partial charge in [0.2, 0.25) is 0 Å². The highest BCUT2D eigenvalue weighted by atomic mass is 32.2. The molecule has 26 heavy (non-hydrogen) atoms. The lowest BCUT2D eigenvalue weighted by atomic mass is 10.1. The Morgan fingerprint density at radius 3 is 1.96 bits per heavy atom. The van der Waals surface area contributed by atoms with Gasteiger partial charge in [0, 0.05) is 39.3 Å². The smallest absolute Gasteiger partial charge is 0.252 e. The van der Waals surface area contributed by atoms with E-state index in [0.29, 0.717) is 30.4 Å². The molecule has 2 fully saturated rings. The van der Waals surface area contributed by atoms with Gasteiger partial charge >= 0.3 is 0 Å². The molecule has 0 radical (unpaired) electrons. The van der Waals surface area contributed by atoms with Gasteiger partial charge in [-0.05, 0) is 42.8 Å². The standard InChI is InChI=1S/C17H23N5O2S2/c23-26(24,17-5-4-14-25-17)22-12-10-21(11-13-22)16-7-6-15(18-19-16)20-8-2-1-3-9-20/h4-7,14H,1-3,8-13H2. The summed E-state index contributed by atoms with van der Waals surface area (Å²) >= 11 is 1.27. The van der Waals surface area contributed by atoms with E-state index in [4.69, 9.17) is 0 Å². The van der Waals surface area contributed by atoms with Crippen molar-refractivity contribution >= 4 is 33.0 Å². The predicted octanol–water partition coefficient (Wildman–Crippen LogP) is 2.04. The largest absolute Gasteiger partial charge is 0.355 e. The molecule has 140 valence electrons. The first kappa shape index (κ1) is 17.7. The number of piperazine rings is 1. The highest BCUT2D eigenvalue weighted by Crippen LogP contribution is 2.24. The van der Waals surface area contributed by atoms with Crippen molar-refractivity contribution in [3.05, 3.63) is 29.6 Å². The molecule has 7 nitrogen and oxygen atoms in total. The van der Waals surface area contributed by atoms with Crippen LogP contribution in [0.2, 0.25) is 0 Å². The van der Waals surface area contributed by atoms with Crippen LogP contribution in [0.4, 0.5) is 11.6 Å². The Balaban J connectivity index is 1.39. The average molecular weight is 394 g/mol. The number of hydrogen-bond donors (Lipinski definition) is 0. The minimum Gasteiger partial charge on any atom is -0.355 e. The Kier molecular flexibility index (Phi) is 5.10. The monoisotopic (exact) mass is 393 g/mol. The average Bonchev–Trinajstić information content (AvgIpc) is 3.25. The van der Waals surface area contributed by atoms with Gasteiger partial charge in [0.25, 0.3) is 10.0 Å². The predicted molar refractivity (Wildman–Crippen MR) is 103 cm³/mol. The first-order valence-corrected chi connectivity index (χ1v) is 11.3. The third kappa shape index (κ3) is 3.56. The molecule has 0 bridgehead atoms. The van der Waals surface area contributed by atoms with Crippen molar-refractivity contribution in [1.82, 2.24) is 14.5 Å². The SMILES string of the molecule is O=S(=O)(c1cccs1)N1CCN(c2ccc(N3CCCCC3)nn2)CC1. The van der Waals surface area contributed by atoms with E-state index in [9.17, 15) is 8.42 Å². The van der Waals surface area contributed by atoms with Crippen LogP contribution in [0.15, 0.2) is 33.9 Å².